The van der Waals surface area contributed by atoms with Crippen molar-refractivity contribution in [3.05, 3.63) is 35.9 Å². The van der Waals surface area contributed by atoms with Gasteiger partial charge in [-0.1, -0.05) is 44.2 Å². The van der Waals surface area contributed by atoms with E-state index >= 15 is 0 Å². The number of hydrogen-bond donors (Lipinski definition) is 1. The van der Waals surface area contributed by atoms with Crippen LogP contribution in [0, 0.1) is 11.8 Å². The van der Waals surface area contributed by atoms with Crippen molar-refractivity contribution in [3.63, 3.8) is 0 Å². The SMILES string of the molecule is CCOC(=O)[C@@H](C[C@H](COCc1ccccc1)C(C)C)NC(=O)OC(C)(C)C. The van der Waals surface area contributed by atoms with E-state index in [9.17, 15) is 9.59 Å². The normalized spacial score (nSPS) is 13.7. The largest absolute Gasteiger partial charge is 0.464 e. The zero-order chi connectivity index (χ0) is 21.2. The second-order valence-corrected chi connectivity index (χ2v) is 8.19. The van der Waals surface area contributed by atoms with Crippen LogP contribution >= 0.6 is 0 Å². The highest BCUT2D eigenvalue weighted by Crippen LogP contribution is 2.20. The topological polar surface area (TPSA) is 73.9 Å². The zero-order valence-corrected chi connectivity index (χ0v) is 18.0. The number of amides is 1. The van der Waals surface area contributed by atoms with E-state index < -0.39 is 23.7 Å². The molecule has 0 heterocycles. The molecular formula is C22H35NO5. The van der Waals surface area contributed by atoms with E-state index in [2.05, 4.69) is 19.2 Å². The molecule has 6 heteroatoms. The molecule has 0 saturated carbocycles. The molecular weight excluding hydrogens is 358 g/mol. The third-order valence-corrected chi connectivity index (χ3v) is 4.19. The van der Waals surface area contributed by atoms with Crippen LogP contribution in [0.25, 0.3) is 0 Å². The lowest BCUT2D eigenvalue weighted by Crippen LogP contribution is -2.46. The highest BCUT2D eigenvalue weighted by atomic mass is 16.6. The minimum Gasteiger partial charge on any atom is -0.464 e. The van der Waals surface area contributed by atoms with Crippen molar-refractivity contribution in [1.29, 1.82) is 0 Å². The van der Waals surface area contributed by atoms with Crippen molar-refractivity contribution in [2.45, 2.75) is 66.2 Å². The molecule has 28 heavy (non-hydrogen) atoms. The molecule has 1 rings (SSSR count). The minimum absolute atomic E-state index is 0.0769. The minimum atomic E-state index is -0.775. The van der Waals surface area contributed by atoms with Gasteiger partial charge in [0.15, 0.2) is 0 Å². The first kappa shape index (κ1) is 24.0. The van der Waals surface area contributed by atoms with Gasteiger partial charge < -0.3 is 19.5 Å². The number of carbonyl (C=O) groups is 2. The average molecular weight is 394 g/mol. The van der Waals surface area contributed by atoms with Gasteiger partial charge in [0, 0.05) is 0 Å². The van der Waals surface area contributed by atoms with Crippen LogP contribution in [0.2, 0.25) is 0 Å². The fraction of sp³-hybridized carbons (Fsp3) is 0.636. The standard InChI is InChI=1S/C22H35NO5/c1-7-27-20(24)19(23-21(25)28-22(4,5)6)13-18(16(2)3)15-26-14-17-11-9-8-10-12-17/h8-12,16,18-19H,7,13-15H2,1-6H3,(H,23,25)/t18-,19-/m1/s1. The molecule has 1 amide bonds. The first-order valence-electron chi connectivity index (χ1n) is 9.90. The third-order valence-electron chi connectivity index (χ3n) is 4.19. The molecule has 1 aromatic rings. The Bertz CT molecular complexity index is 595. The van der Waals surface area contributed by atoms with Crippen LogP contribution in [0.3, 0.4) is 0 Å². The highest BCUT2D eigenvalue weighted by molar-refractivity contribution is 5.81. The Hall–Kier alpha value is -2.08. The Morgan fingerprint density at radius 2 is 1.75 bits per heavy atom. The van der Waals surface area contributed by atoms with Gasteiger partial charge in [0.05, 0.1) is 19.8 Å². The number of nitrogens with one attached hydrogen (secondary N) is 1. The Kier molecular flexibility index (Phi) is 10.0. The molecule has 1 aromatic carbocycles. The van der Waals surface area contributed by atoms with E-state index in [4.69, 9.17) is 14.2 Å². The number of hydrogen-bond acceptors (Lipinski definition) is 5. The van der Waals surface area contributed by atoms with E-state index in [1.807, 2.05) is 30.3 Å². The second kappa shape index (κ2) is 11.7. The Morgan fingerprint density at radius 3 is 2.29 bits per heavy atom. The predicted molar refractivity (Wildman–Crippen MR) is 109 cm³/mol. The Labute approximate surface area is 168 Å². The summed E-state index contributed by atoms with van der Waals surface area (Å²) in [6.07, 6.45) is -0.205. The molecule has 0 unspecified atom stereocenters. The smallest absolute Gasteiger partial charge is 0.408 e. The predicted octanol–water partition coefficient (Wildman–Crippen LogP) is 4.32. The molecule has 0 spiro atoms. The number of esters is 1. The van der Waals surface area contributed by atoms with Crippen molar-refractivity contribution >= 4 is 12.1 Å². The van der Waals surface area contributed by atoms with Gasteiger partial charge in [-0.15, -0.1) is 0 Å². The molecule has 0 saturated heterocycles. The molecule has 1 N–H and O–H groups in total. The van der Waals surface area contributed by atoms with Crippen molar-refractivity contribution in [1.82, 2.24) is 5.32 Å². The summed E-state index contributed by atoms with van der Waals surface area (Å²) in [7, 11) is 0. The van der Waals surface area contributed by atoms with Gasteiger partial charge in [-0.3, -0.25) is 0 Å². The zero-order valence-electron chi connectivity index (χ0n) is 18.0. The quantitative estimate of drug-likeness (QED) is 0.599. The molecule has 6 nitrogen and oxygen atoms in total. The Balaban J connectivity index is 2.71. The van der Waals surface area contributed by atoms with Crippen LogP contribution < -0.4 is 5.32 Å². The number of alkyl carbamates (subject to hydrolysis) is 1. The van der Waals surface area contributed by atoms with Gasteiger partial charge in [0.25, 0.3) is 0 Å². The van der Waals surface area contributed by atoms with Crippen LogP contribution in [0.1, 0.15) is 53.5 Å². The average Bonchev–Trinajstić information content (AvgIpc) is 2.59. The van der Waals surface area contributed by atoms with Crippen molar-refractivity contribution < 1.29 is 23.8 Å². The van der Waals surface area contributed by atoms with E-state index in [-0.39, 0.29) is 18.4 Å². The third kappa shape index (κ3) is 9.74. The summed E-state index contributed by atoms with van der Waals surface area (Å²) < 4.78 is 16.3. The molecule has 0 aliphatic heterocycles. The molecule has 0 fully saturated rings. The molecule has 0 radical (unpaired) electrons. The van der Waals surface area contributed by atoms with Crippen LogP contribution in [0.5, 0.6) is 0 Å². The summed E-state index contributed by atoms with van der Waals surface area (Å²) in [5.41, 5.74) is 0.457. The molecule has 158 valence electrons. The van der Waals surface area contributed by atoms with E-state index in [1.54, 1.807) is 27.7 Å². The first-order valence-corrected chi connectivity index (χ1v) is 9.90. The Morgan fingerprint density at radius 1 is 1.11 bits per heavy atom. The highest BCUT2D eigenvalue weighted by Gasteiger charge is 2.29. The fourth-order valence-corrected chi connectivity index (χ4v) is 2.64. The van der Waals surface area contributed by atoms with E-state index in [1.165, 1.54) is 0 Å². The van der Waals surface area contributed by atoms with Crippen molar-refractivity contribution in [2.75, 3.05) is 13.2 Å². The summed E-state index contributed by atoms with van der Waals surface area (Å²) in [6.45, 7) is 12.5. The van der Waals surface area contributed by atoms with E-state index in [0.717, 1.165) is 5.56 Å². The maximum atomic E-state index is 12.4. The number of carbonyl (C=O) groups excluding carboxylic acids is 2. The van der Waals surface area contributed by atoms with E-state index in [0.29, 0.717) is 19.6 Å². The van der Waals surface area contributed by atoms with Gasteiger partial charge in [0.1, 0.15) is 11.6 Å². The maximum Gasteiger partial charge on any atom is 0.408 e. The molecule has 2 atom stereocenters. The van der Waals surface area contributed by atoms with Gasteiger partial charge in [-0.25, -0.2) is 9.59 Å². The van der Waals surface area contributed by atoms with Gasteiger partial charge >= 0.3 is 12.1 Å². The molecule has 0 bridgehead atoms. The summed E-state index contributed by atoms with van der Waals surface area (Å²) in [6, 6.07) is 9.15. The van der Waals surface area contributed by atoms with Crippen LogP contribution in [0.4, 0.5) is 4.79 Å². The lowest BCUT2D eigenvalue weighted by molar-refractivity contribution is -0.146. The van der Waals surface area contributed by atoms with Gasteiger partial charge in [0.2, 0.25) is 0 Å². The van der Waals surface area contributed by atoms with Crippen molar-refractivity contribution in [2.24, 2.45) is 11.8 Å². The number of rotatable bonds is 10. The van der Waals surface area contributed by atoms with Gasteiger partial charge in [-0.2, -0.15) is 0 Å². The lowest BCUT2D eigenvalue weighted by atomic mass is 9.90. The summed E-state index contributed by atoms with van der Waals surface area (Å²) in [5.74, 6) is -0.108. The monoisotopic (exact) mass is 393 g/mol. The van der Waals surface area contributed by atoms with Crippen molar-refractivity contribution in [3.8, 4) is 0 Å². The second-order valence-electron chi connectivity index (χ2n) is 8.19. The lowest BCUT2D eigenvalue weighted by Gasteiger charge is -2.27. The first-order chi connectivity index (χ1) is 13.1. The van der Waals surface area contributed by atoms with Crippen LogP contribution in [-0.4, -0.2) is 36.9 Å². The van der Waals surface area contributed by atoms with Crippen LogP contribution in [0.15, 0.2) is 30.3 Å². The van der Waals surface area contributed by atoms with Crippen LogP contribution in [-0.2, 0) is 25.6 Å². The number of ether oxygens (including phenoxy) is 3. The molecule has 0 aliphatic rings. The molecule has 0 aliphatic carbocycles. The maximum absolute atomic E-state index is 12.4. The summed E-state index contributed by atoms with van der Waals surface area (Å²) in [5, 5.41) is 2.66. The summed E-state index contributed by atoms with van der Waals surface area (Å²) in [4.78, 5) is 24.5. The number of benzene rings is 1. The molecule has 0 aromatic heterocycles. The van der Waals surface area contributed by atoms with Gasteiger partial charge in [-0.05, 0) is 51.5 Å². The summed E-state index contributed by atoms with van der Waals surface area (Å²) >= 11 is 0. The fourth-order valence-electron chi connectivity index (χ4n) is 2.64.